The summed E-state index contributed by atoms with van der Waals surface area (Å²) in [6, 6.07) is 6.15. The van der Waals surface area contributed by atoms with Crippen molar-refractivity contribution in [3.05, 3.63) is 35.4 Å². The van der Waals surface area contributed by atoms with Gasteiger partial charge in [0, 0.05) is 6.54 Å². The minimum atomic E-state index is -3.45. The van der Waals surface area contributed by atoms with Gasteiger partial charge in [-0.3, -0.25) is 4.79 Å². The maximum atomic E-state index is 12.3. The van der Waals surface area contributed by atoms with Crippen molar-refractivity contribution in [1.29, 1.82) is 0 Å². The molecule has 9 heteroatoms. The van der Waals surface area contributed by atoms with Crippen LogP contribution >= 0.6 is 11.8 Å². The fourth-order valence-electron chi connectivity index (χ4n) is 2.16. The molecule has 0 aliphatic carbocycles. The lowest BCUT2D eigenvalue weighted by Gasteiger charge is -2.17. The van der Waals surface area contributed by atoms with Crippen molar-refractivity contribution in [3.8, 4) is 0 Å². The summed E-state index contributed by atoms with van der Waals surface area (Å²) in [5.74, 6) is -0.117. The molecule has 1 aromatic rings. The van der Waals surface area contributed by atoms with E-state index in [0.29, 0.717) is 30.7 Å². The Bertz CT molecular complexity index is 690. The molecule has 0 spiro atoms. The number of methoxy groups -OCH3 is 1. The summed E-state index contributed by atoms with van der Waals surface area (Å²) in [6.45, 7) is 1.91. The van der Waals surface area contributed by atoms with E-state index in [0.717, 1.165) is 5.56 Å². The van der Waals surface area contributed by atoms with Gasteiger partial charge in [-0.25, -0.2) is 17.9 Å². The van der Waals surface area contributed by atoms with Gasteiger partial charge in [-0.1, -0.05) is 12.1 Å². The Hall–Kier alpha value is -1.58. The van der Waals surface area contributed by atoms with Crippen LogP contribution in [-0.4, -0.2) is 57.8 Å². The third-order valence-electron chi connectivity index (χ3n) is 3.72. The second-order valence-corrected chi connectivity index (χ2v) is 8.61. The van der Waals surface area contributed by atoms with Crippen LogP contribution < -0.4 is 10.0 Å². The van der Waals surface area contributed by atoms with Crippen LogP contribution in [0.4, 0.5) is 0 Å². The first-order valence-corrected chi connectivity index (χ1v) is 11.3. The summed E-state index contributed by atoms with van der Waals surface area (Å²) in [7, 11) is -2.13. The average molecular weight is 403 g/mol. The van der Waals surface area contributed by atoms with E-state index in [-0.39, 0.29) is 11.7 Å². The van der Waals surface area contributed by atoms with Gasteiger partial charge in [-0.05, 0) is 49.5 Å². The van der Waals surface area contributed by atoms with Crippen LogP contribution in [0.3, 0.4) is 0 Å². The Morgan fingerprint density at radius 3 is 2.42 bits per heavy atom. The van der Waals surface area contributed by atoms with Gasteiger partial charge in [0.2, 0.25) is 15.9 Å². The van der Waals surface area contributed by atoms with Crippen molar-refractivity contribution < 1.29 is 22.7 Å². The van der Waals surface area contributed by atoms with Gasteiger partial charge in [-0.2, -0.15) is 11.8 Å². The normalized spacial score (nSPS) is 12.4. The van der Waals surface area contributed by atoms with Gasteiger partial charge in [0.25, 0.3) is 0 Å². The Balaban J connectivity index is 2.57. The van der Waals surface area contributed by atoms with Crippen LogP contribution in [0, 0.1) is 0 Å². The van der Waals surface area contributed by atoms with E-state index in [1.54, 1.807) is 36.0 Å². The fourth-order valence-corrected chi connectivity index (χ4v) is 3.45. The number of nitrogens with one attached hydrogen (secondary N) is 2. The van der Waals surface area contributed by atoms with Gasteiger partial charge in [0.05, 0.1) is 18.4 Å². The predicted molar refractivity (Wildman–Crippen MR) is 104 cm³/mol. The highest BCUT2D eigenvalue weighted by atomic mass is 32.2. The zero-order valence-corrected chi connectivity index (χ0v) is 16.9. The quantitative estimate of drug-likeness (QED) is 0.539. The molecule has 2 N–H and O–H groups in total. The summed E-state index contributed by atoms with van der Waals surface area (Å²) in [5.41, 5.74) is 1.42. The maximum absolute atomic E-state index is 12.3. The van der Waals surface area contributed by atoms with Crippen LogP contribution in [0.5, 0.6) is 0 Å². The Labute approximate surface area is 159 Å². The number of esters is 1. The molecule has 0 fully saturated rings. The van der Waals surface area contributed by atoms with Crippen LogP contribution in [0.25, 0.3) is 0 Å². The molecule has 1 rings (SSSR count). The molecule has 146 valence electrons. The lowest BCUT2D eigenvalue weighted by molar-refractivity contribution is -0.122. The van der Waals surface area contributed by atoms with Gasteiger partial charge in [-0.15, -0.1) is 0 Å². The highest BCUT2D eigenvalue weighted by molar-refractivity contribution is 7.98. The van der Waals surface area contributed by atoms with Crippen LogP contribution in [0.1, 0.15) is 29.3 Å². The molecule has 0 radical (unpaired) electrons. The number of rotatable bonds is 11. The molecule has 1 atom stereocenters. The maximum Gasteiger partial charge on any atom is 0.337 e. The van der Waals surface area contributed by atoms with Crippen molar-refractivity contribution >= 4 is 33.7 Å². The van der Waals surface area contributed by atoms with Crippen LogP contribution in [0.2, 0.25) is 0 Å². The average Bonchev–Trinajstić information content (AvgIpc) is 2.64. The first-order valence-electron chi connectivity index (χ1n) is 8.26. The minimum Gasteiger partial charge on any atom is -0.465 e. The molecule has 26 heavy (non-hydrogen) atoms. The first kappa shape index (κ1) is 22.5. The van der Waals surface area contributed by atoms with E-state index in [4.69, 9.17) is 0 Å². The zero-order valence-electron chi connectivity index (χ0n) is 15.3. The highest BCUT2D eigenvalue weighted by Gasteiger charge is 2.22. The monoisotopic (exact) mass is 402 g/mol. The molecule has 0 bridgehead atoms. The number of carbonyl (C=O) groups is 2. The lowest BCUT2D eigenvalue weighted by Crippen LogP contribution is -2.47. The number of ether oxygens (including phenoxy) is 1. The number of amides is 1. The second kappa shape index (κ2) is 11.2. The zero-order chi connectivity index (χ0) is 19.6. The third kappa shape index (κ3) is 7.76. The number of sulfonamides is 1. The van der Waals surface area contributed by atoms with Crippen molar-refractivity contribution in [2.75, 3.05) is 31.4 Å². The van der Waals surface area contributed by atoms with E-state index in [1.165, 1.54) is 14.0 Å². The van der Waals surface area contributed by atoms with E-state index in [2.05, 4.69) is 14.8 Å². The number of carbonyl (C=O) groups excluding carboxylic acids is 2. The number of hydrogen-bond donors (Lipinski definition) is 2. The summed E-state index contributed by atoms with van der Waals surface area (Å²) in [4.78, 5) is 23.7. The number of benzene rings is 1. The molecule has 1 amide bonds. The van der Waals surface area contributed by atoms with E-state index >= 15 is 0 Å². The van der Waals surface area contributed by atoms with Crippen LogP contribution in [0.15, 0.2) is 24.3 Å². The van der Waals surface area contributed by atoms with Gasteiger partial charge in [0.15, 0.2) is 0 Å². The number of hydrogen-bond acceptors (Lipinski definition) is 6. The molecule has 1 aromatic carbocycles. The van der Waals surface area contributed by atoms with E-state index in [1.807, 2.05) is 6.26 Å². The first-order chi connectivity index (χ1) is 12.3. The SMILES string of the molecule is CCS(=O)(=O)NC(CCSC)C(=O)NCCc1ccc(C(=O)OC)cc1. The molecular formula is C17H26N2O5S2. The van der Waals surface area contributed by atoms with Crippen molar-refractivity contribution in [2.24, 2.45) is 0 Å². The third-order valence-corrected chi connectivity index (χ3v) is 5.76. The Morgan fingerprint density at radius 1 is 1.23 bits per heavy atom. The predicted octanol–water partition coefficient (Wildman–Crippen LogP) is 1.19. The largest absolute Gasteiger partial charge is 0.465 e. The van der Waals surface area contributed by atoms with Crippen LogP contribution in [-0.2, 0) is 26.0 Å². The summed E-state index contributed by atoms with van der Waals surface area (Å²) in [5, 5.41) is 2.77. The molecule has 0 heterocycles. The van der Waals surface area contributed by atoms with Crippen molar-refractivity contribution in [2.45, 2.75) is 25.8 Å². The lowest BCUT2D eigenvalue weighted by atomic mass is 10.1. The van der Waals surface area contributed by atoms with Gasteiger partial charge >= 0.3 is 5.97 Å². The van der Waals surface area contributed by atoms with Crippen molar-refractivity contribution in [1.82, 2.24) is 10.0 Å². The summed E-state index contributed by atoms with van der Waals surface area (Å²) < 4.78 is 30.6. The van der Waals surface area contributed by atoms with Crippen molar-refractivity contribution in [3.63, 3.8) is 0 Å². The fraction of sp³-hybridized carbons (Fsp3) is 0.529. The van der Waals surface area contributed by atoms with E-state index in [9.17, 15) is 18.0 Å². The summed E-state index contributed by atoms with van der Waals surface area (Å²) in [6.07, 6.45) is 2.91. The Morgan fingerprint density at radius 2 is 1.88 bits per heavy atom. The van der Waals surface area contributed by atoms with E-state index < -0.39 is 22.0 Å². The summed E-state index contributed by atoms with van der Waals surface area (Å²) >= 11 is 1.55. The topological polar surface area (TPSA) is 102 Å². The standard InChI is InChI=1S/C17H26N2O5S2/c1-4-26(22,23)19-15(10-12-25-3)16(20)18-11-9-13-5-7-14(8-6-13)17(21)24-2/h5-8,15,19H,4,9-12H2,1-3H3,(H,18,20). The molecule has 0 aliphatic heterocycles. The molecule has 7 nitrogen and oxygen atoms in total. The highest BCUT2D eigenvalue weighted by Crippen LogP contribution is 2.07. The minimum absolute atomic E-state index is 0.0669. The Kier molecular flexibility index (Phi) is 9.68. The van der Waals surface area contributed by atoms with Gasteiger partial charge in [0.1, 0.15) is 6.04 Å². The molecule has 0 aliphatic rings. The molecule has 0 saturated heterocycles. The molecule has 0 saturated carbocycles. The molecule has 1 unspecified atom stereocenters. The smallest absolute Gasteiger partial charge is 0.337 e. The van der Waals surface area contributed by atoms with Gasteiger partial charge < -0.3 is 10.1 Å². The number of thioether (sulfide) groups is 1. The second-order valence-electron chi connectivity index (χ2n) is 5.58. The molecular weight excluding hydrogens is 376 g/mol. The molecule has 0 aromatic heterocycles.